The summed E-state index contributed by atoms with van der Waals surface area (Å²) in [5.74, 6) is 0.607. The van der Waals surface area contributed by atoms with Crippen LogP contribution in [0.25, 0.3) is 11.0 Å². The van der Waals surface area contributed by atoms with E-state index in [0.29, 0.717) is 5.82 Å². The molecule has 0 unspecified atom stereocenters. The van der Waals surface area contributed by atoms with E-state index >= 15 is 0 Å². The fraction of sp³-hybridized carbons (Fsp3) is 0.385. The third kappa shape index (κ3) is 2.16. The summed E-state index contributed by atoms with van der Waals surface area (Å²) >= 11 is 0. The predicted octanol–water partition coefficient (Wildman–Crippen LogP) is 1.19. The molecule has 92 valence electrons. The molecule has 1 amide bonds. The Bertz CT molecular complexity index is 578. The van der Waals surface area contributed by atoms with Gasteiger partial charge in [0.2, 0.25) is 5.91 Å². The number of fused-ring (bicyclic) bond motifs is 1. The number of benzene rings is 1. The van der Waals surface area contributed by atoms with E-state index in [1.807, 2.05) is 29.2 Å². The van der Waals surface area contributed by atoms with Crippen molar-refractivity contribution in [3.63, 3.8) is 0 Å². The Labute approximate surface area is 105 Å². The molecule has 1 aromatic carbocycles. The molecule has 0 N–H and O–H groups in total. The van der Waals surface area contributed by atoms with Gasteiger partial charge in [-0.1, -0.05) is 12.1 Å². The van der Waals surface area contributed by atoms with Crippen molar-refractivity contribution in [2.45, 2.75) is 19.3 Å². The van der Waals surface area contributed by atoms with Gasteiger partial charge in [0.1, 0.15) is 5.52 Å². The molecule has 0 radical (unpaired) electrons. The summed E-state index contributed by atoms with van der Waals surface area (Å²) in [5.41, 5.74) is 1.55. The highest BCUT2D eigenvalue weighted by atomic mass is 16.2. The summed E-state index contributed by atoms with van der Waals surface area (Å²) in [7, 11) is 0. The van der Waals surface area contributed by atoms with Crippen molar-refractivity contribution in [2.24, 2.45) is 0 Å². The van der Waals surface area contributed by atoms with Gasteiger partial charge in [-0.3, -0.25) is 4.79 Å². The molecule has 0 aliphatic carbocycles. The average molecular weight is 242 g/mol. The van der Waals surface area contributed by atoms with Crippen LogP contribution in [0.5, 0.6) is 0 Å². The van der Waals surface area contributed by atoms with Crippen LogP contribution in [-0.2, 0) is 11.2 Å². The number of likely N-dealkylation sites (tertiary alicyclic amines) is 1. The van der Waals surface area contributed by atoms with E-state index in [4.69, 9.17) is 0 Å². The molecule has 1 aromatic heterocycles. The van der Waals surface area contributed by atoms with E-state index in [2.05, 4.69) is 15.2 Å². The third-order valence-electron chi connectivity index (χ3n) is 3.17. The fourth-order valence-electron chi connectivity index (χ4n) is 2.20. The summed E-state index contributed by atoms with van der Waals surface area (Å²) in [4.78, 5) is 18.2. The molecule has 0 spiro atoms. The summed E-state index contributed by atoms with van der Waals surface area (Å²) in [6.45, 7) is 1.72. The molecule has 5 heteroatoms. The van der Waals surface area contributed by atoms with E-state index in [1.165, 1.54) is 0 Å². The molecule has 0 atom stereocenters. The van der Waals surface area contributed by atoms with Gasteiger partial charge in [-0.15, -0.1) is 10.2 Å². The van der Waals surface area contributed by atoms with Crippen molar-refractivity contribution in [2.75, 3.05) is 13.1 Å². The zero-order valence-corrected chi connectivity index (χ0v) is 10.0. The van der Waals surface area contributed by atoms with Crippen LogP contribution >= 0.6 is 0 Å². The van der Waals surface area contributed by atoms with Gasteiger partial charge in [0.15, 0.2) is 5.82 Å². The number of hydrogen-bond acceptors (Lipinski definition) is 4. The maximum Gasteiger partial charge on any atom is 0.230 e. The summed E-state index contributed by atoms with van der Waals surface area (Å²) in [6, 6.07) is 7.55. The lowest BCUT2D eigenvalue weighted by Gasteiger charge is -2.14. The smallest absolute Gasteiger partial charge is 0.230 e. The lowest BCUT2D eigenvalue weighted by Crippen LogP contribution is -2.29. The molecular weight excluding hydrogens is 228 g/mol. The predicted molar refractivity (Wildman–Crippen MR) is 66.9 cm³/mol. The SMILES string of the molecule is O=C(Cc1nnc2ccccc2n1)N1CCCC1. The lowest BCUT2D eigenvalue weighted by atomic mass is 10.3. The molecule has 1 aliphatic rings. The van der Waals surface area contributed by atoms with Crippen LogP contribution in [0.3, 0.4) is 0 Å². The maximum absolute atomic E-state index is 12.0. The first-order chi connectivity index (χ1) is 8.83. The molecule has 1 aliphatic heterocycles. The first kappa shape index (κ1) is 11.1. The van der Waals surface area contributed by atoms with Crippen LogP contribution in [0, 0.1) is 0 Å². The number of amides is 1. The minimum Gasteiger partial charge on any atom is -0.342 e. The minimum atomic E-state index is 0.101. The summed E-state index contributed by atoms with van der Waals surface area (Å²) < 4.78 is 0. The molecule has 2 heterocycles. The van der Waals surface area contributed by atoms with Crippen molar-refractivity contribution in [3.05, 3.63) is 30.1 Å². The average Bonchev–Trinajstić information content (AvgIpc) is 2.92. The second kappa shape index (κ2) is 4.68. The number of aromatic nitrogens is 3. The van der Waals surface area contributed by atoms with Crippen LogP contribution in [0.1, 0.15) is 18.7 Å². The van der Waals surface area contributed by atoms with E-state index in [-0.39, 0.29) is 12.3 Å². The summed E-state index contributed by atoms with van der Waals surface area (Å²) in [6.07, 6.45) is 2.45. The van der Waals surface area contributed by atoms with Crippen LogP contribution in [-0.4, -0.2) is 39.1 Å². The van der Waals surface area contributed by atoms with Crippen LogP contribution in [0.2, 0.25) is 0 Å². The highest BCUT2D eigenvalue weighted by Crippen LogP contribution is 2.10. The van der Waals surface area contributed by atoms with Gasteiger partial charge in [-0.25, -0.2) is 4.98 Å². The second-order valence-corrected chi connectivity index (χ2v) is 4.48. The first-order valence-corrected chi connectivity index (χ1v) is 6.19. The van der Waals surface area contributed by atoms with Gasteiger partial charge in [-0.05, 0) is 25.0 Å². The monoisotopic (exact) mass is 242 g/mol. The van der Waals surface area contributed by atoms with Crippen molar-refractivity contribution in [3.8, 4) is 0 Å². The first-order valence-electron chi connectivity index (χ1n) is 6.19. The minimum absolute atomic E-state index is 0.101. The Morgan fingerprint density at radius 2 is 1.83 bits per heavy atom. The molecule has 3 rings (SSSR count). The normalized spacial score (nSPS) is 15.2. The van der Waals surface area contributed by atoms with Crippen LogP contribution in [0.15, 0.2) is 24.3 Å². The number of carbonyl (C=O) groups excluding carboxylic acids is 1. The fourth-order valence-corrected chi connectivity index (χ4v) is 2.20. The van der Waals surface area contributed by atoms with Gasteiger partial charge in [0.05, 0.1) is 11.9 Å². The highest BCUT2D eigenvalue weighted by molar-refractivity contribution is 5.79. The van der Waals surface area contributed by atoms with Gasteiger partial charge in [0.25, 0.3) is 0 Å². The van der Waals surface area contributed by atoms with E-state index in [9.17, 15) is 4.79 Å². The number of hydrogen-bond donors (Lipinski definition) is 0. The molecule has 0 saturated carbocycles. The van der Waals surface area contributed by atoms with Crippen molar-refractivity contribution in [1.29, 1.82) is 0 Å². The Kier molecular flexibility index (Phi) is 2.88. The zero-order valence-electron chi connectivity index (χ0n) is 10.0. The molecule has 5 nitrogen and oxygen atoms in total. The zero-order chi connectivity index (χ0) is 12.4. The number of rotatable bonds is 2. The Morgan fingerprint density at radius 1 is 1.11 bits per heavy atom. The Balaban J connectivity index is 1.79. The quantitative estimate of drug-likeness (QED) is 0.793. The van der Waals surface area contributed by atoms with Crippen molar-refractivity contribution < 1.29 is 4.79 Å². The van der Waals surface area contributed by atoms with Crippen molar-refractivity contribution in [1.82, 2.24) is 20.1 Å². The van der Waals surface area contributed by atoms with Crippen molar-refractivity contribution >= 4 is 16.9 Å². The highest BCUT2D eigenvalue weighted by Gasteiger charge is 2.19. The third-order valence-corrected chi connectivity index (χ3v) is 3.17. The molecule has 2 aromatic rings. The number of carbonyl (C=O) groups is 1. The van der Waals surface area contributed by atoms with Crippen LogP contribution in [0.4, 0.5) is 0 Å². The largest absolute Gasteiger partial charge is 0.342 e. The Hall–Kier alpha value is -2.04. The van der Waals surface area contributed by atoms with E-state index in [1.54, 1.807) is 0 Å². The molecular formula is C13H14N4O. The standard InChI is InChI=1S/C13H14N4O/c18-13(17-7-3-4-8-17)9-12-14-10-5-1-2-6-11(10)15-16-12/h1-2,5-6H,3-4,7-9H2. The lowest BCUT2D eigenvalue weighted by molar-refractivity contribution is -0.129. The summed E-state index contributed by atoms with van der Waals surface area (Å²) in [5, 5.41) is 8.09. The number of nitrogens with zero attached hydrogens (tertiary/aromatic N) is 4. The Morgan fingerprint density at radius 3 is 2.61 bits per heavy atom. The molecule has 0 bridgehead atoms. The molecule has 1 saturated heterocycles. The van der Waals surface area contributed by atoms with Gasteiger partial charge in [-0.2, -0.15) is 0 Å². The topological polar surface area (TPSA) is 59.0 Å². The molecule has 18 heavy (non-hydrogen) atoms. The van der Waals surface area contributed by atoms with Gasteiger partial charge >= 0.3 is 0 Å². The number of para-hydroxylation sites is 1. The van der Waals surface area contributed by atoms with E-state index in [0.717, 1.165) is 37.0 Å². The van der Waals surface area contributed by atoms with Gasteiger partial charge in [0, 0.05) is 13.1 Å². The second-order valence-electron chi connectivity index (χ2n) is 4.48. The maximum atomic E-state index is 12.0. The van der Waals surface area contributed by atoms with Gasteiger partial charge < -0.3 is 4.90 Å². The van der Waals surface area contributed by atoms with Crippen LogP contribution < -0.4 is 0 Å². The molecule has 1 fully saturated rings. The van der Waals surface area contributed by atoms with E-state index < -0.39 is 0 Å².